The average molecular weight is 164 g/mol. The van der Waals surface area contributed by atoms with Gasteiger partial charge in [0.1, 0.15) is 25.1 Å². The number of aliphatic hydroxyl groups is 3. The second-order valence-corrected chi connectivity index (χ2v) is 2.38. The Morgan fingerprint density at radius 3 is 1.91 bits per heavy atom. The molecule has 11 heavy (non-hydrogen) atoms. The van der Waals surface area contributed by atoms with E-state index in [1.54, 1.807) is 0 Å². The molecule has 0 saturated carbocycles. The minimum atomic E-state index is -0.946. The van der Waals surface area contributed by atoms with Gasteiger partial charge in [0, 0.05) is 0 Å². The van der Waals surface area contributed by atoms with Crippen molar-refractivity contribution in [1.29, 1.82) is 0 Å². The van der Waals surface area contributed by atoms with Crippen LogP contribution < -0.4 is 0 Å². The molecule has 0 aliphatic carbocycles. The minimum Gasteiger partial charge on any atom is -0.394 e. The Balaban J connectivity index is 2.45. The predicted octanol–water partition coefficient (Wildman–Crippen LogP) is -1.93. The summed E-state index contributed by atoms with van der Waals surface area (Å²) in [4.78, 5) is 0. The van der Waals surface area contributed by atoms with Gasteiger partial charge < -0.3 is 24.8 Å². The van der Waals surface area contributed by atoms with Crippen LogP contribution in [-0.2, 0) is 9.47 Å². The van der Waals surface area contributed by atoms with Crippen molar-refractivity contribution in [2.24, 2.45) is 0 Å². The monoisotopic (exact) mass is 164 g/mol. The van der Waals surface area contributed by atoms with E-state index in [9.17, 15) is 5.11 Å². The molecule has 1 aliphatic rings. The molecule has 1 fully saturated rings. The van der Waals surface area contributed by atoms with Gasteiger partial charge in [-0.2, -0.15) is 0 Å². The largest absolute Gasteiger partial charge is 0.394 e. The Morgan fingerprint density at radius 2 is 1.55 bits per heavy atom. The maximum atomic E-state index is 9.26. The van der Waals surface area contributed by atoms with Crippen LogP contribution in [0.2, 0.25) is 0 Å². The molecule has 0 aromatic carbocycles. The van der Waals surface area contributed by atoms with Crippen molar-refractivity contribution in [2.75, 3.05) is 20.0 Å². The molecular formula is C6H12O5. The van der Waals surface area contributed by atoms with Crippen LogP contribution in [0.15, 0.2) is 0 Å². The molecule has 1 aliphatic heterocycles. The van der Waals surface area contributed by atoms with E-state index in [1.807, 2.05) is 0 Å². The first-order valence-corrected chi connectivity index (χ1v) is 3.42. The van der Waals surface area contributed by atoms with E-state index in [1.165, 1.54) is 0 Å². The summed E-state index contributed by atoms with van der Waals surface area (Å²) in [6.07, 6.45) is -2.22. The van der Waals surface area contributed by atoms with Crippen molar-refractivity contribution in [3.05, 3.63) is 0 Å². The Morgan fingerprint density at radius 1 is 1.09 bits per heavy atom. The average Bonchev–Trinajstić information content (AvgIpc) is 2.05. The first-order chi connectivity index (χ1) is 5.29. The number of ether oxygens (including phenoxy) is 2. The Labute approximate surface area is 64.2 Å². The lowest BCUT2D eigenvalue weighted by Crippen LogP contribution is -2.49. The van der Waals surface area contributed by atoms with Crippen LogP contribution in [-0.4, -0.2) is 53.6 Å². The Bertz CT molecular complexity index is 106. The standard InChI is InChI=1S/C6H12O5/c7-1-4-6(9)5(2-8)11-3-10-4/h4-9H,1-3H2. The van der Waals surface area contributed by atoms with Crippen LogP contribution in [0.25, 0.3) is 0 Å². The zero-order valence-electron chi connectivity index (χ0n) is 6.01. The minimum absolute atomic E-state index is 0.00745. The van der Waals surface area contributed by atoms with E-state index in [-0.39, 0.29) is 20.0 Å². The molecular weight excluding hydrogens is 152 g/mol. The fraction of sp³-hybridized carbons (Fsp3) is 1.00. The number of hydrogen-bond donors (Lipinski definition) is 3. The smallest absolute Gasteiger partial charge is 0.147 e. The van der Waals surface area contributed by atoms with E-state index >= 15 is 0 Å². The zero-order chi connectivity index (χ0) is 8.27. The first-order valence-electron chi connectivity index (χ1n) is 3.42. The number of hydrogen-bond acceptors (Lipinski definition) is 5. The Kier molecular flexibility index (Phi) is 3.22. The van der Waals surface area contributed by atoms with Crippen molar-refractivity contribution in [2.45, 2.75) is 18.3 Å². The quantitative estimate of drug-likeness (QED) is 0.443. The lowest BCUT2D eigenvalue weighted by molar-refractivity contribution is -0.244. The second kappa shape index (κ2) is 3.99. The van der Waals surface area contributed by atoms with Crippen LogP contribution in [0.3, 0.4) is 0 Å². The molecule has 66 valence electrons. The molecule has 5 nitrogen and oxygen atoms in total. The highest BCUT2D eigenvalue weighted by atomic mass is 16.7. The van der Waals surface area contributed by atoms with Crippen LogP contribution in [0.4, 0.5) is 0 Å². The van der Waals surface area contributed by atoms with Crippen LogP contribution in [0.1, 0.15) is 0 Å². The summed E-state index contributed by atoms with van der Waals surface area (Å²) in [6.45, 7) is -0.518. The summed E-state index contributed by atoms with van der Waals surface area (Å²) in [5, 5.41) is 26.6. The van der Waals surface area contributed by atoms with Gasteiger partial charge >= 0.3 is 0 Å². The van der Waals surface area contributed by atoms with E-state index in [0.717, 1.165) is 0 Å². The van der Waals surface area contributed by atoms with Crippen molar-refractivity contribution in [1.82, 2.24) is 0 Å². The van der Waals surface area contributed by atoms with Crippen LogP contribution in [0.5, 0.6) is 0 Å². The third-order valence-electron chi connectivity index (χ3n) is 1.69. The highest BCUT2D eigenvalue weighted by molar-refractivity contribution is 4.78. The topological polar surface area (TPSA) is 79.2 Å². The summed E-state index contributed by atoms with van der Waals surface area (Å²) in [7, 11) is 0. The molecule has 0 radical (unpaired) electrons. The van der Waals surface area contributed by atoms with Gasteiger partial charge in [-0.15, -0.1) is 0 Å². The number of aliphatic hydroxyl groups excluding tert-OH is 3. The normalized spacial score (nSPS) is 39.0. The Hall–Kier alpha value is -0.200. The fourth-order valence-electron chi connectivity index (χ4n) is 0.972. The van der Waals surface area contributed by atoms with Crippen LogP contribution in [0, 0.1) is 0 Å². The summed E-state index contributed by atoms with van der Waals surface area (Å²) >= 11 is 0. The molecule has 2 atom stereocenters. The molecule has 5 heteroatoms. The van der Waals surface area contributed by atoms with Gasteiger partial charge in [0.2, 0.25) is 0 Å². The number of rotatable bonds is 2. The SMILES string of the molecule is OCC1OCOC(CO)C1O. The molecule has 1 heterocycles. The van der Waals surface area contributed by atoms with Gasteiger partial charge in [-0.05, 0) is 0 Å². The third kappa shape index (κ3) is 1.88. The summed E-state index contributed by atoms with van der Waals surface area (Å²) in [5.74, 6) is 0. The molecule has 2 unspecified atom stereocenters. The lowest BCUT2D eigenvalue weighted by Gasteiger charge is -2.32. The van der Waals surface area contributed by atoms with Crippen molar-refractivity contribution >= 4 is 0 Å². The molecule has 0 bridgehead atoms. The molecule has 1 saturated heterocycles. The molecule has 0 amide bonds. The maximum Gasteiger partial charge on any atom is 0.147 e. The van der Waals surface area contributed by atoms with Gasteiger partial charge in [-0.25, -0.2) is 0 Å². The molecule has 3 N–H and O–H groups in total. The van der Waals surface area contributed by atoms with E-state index in [4.69, 9.17) is 19.7 Å². The van der Waals surface area contributed by atoms with Crippen molar-refractivity contribution < 1.29 is 24.8 Å². The summed E-state index contributed by atoms with van der Waals surface area (Å²) < 4.78 is 9.68. The van der Waals surface area contributed by atoms with E-state index in [2.05, 4.69) is 0 Å². The second-order valence-electron chi connectivity index (χ2n) is 2.38. The van der Waals surface area contributed by atoms with Crippen LogP contribution >= 0.6 is 0 Å². The summed E-state index contributed by atoms with van der Waals surface area (Å²) in [6, 6.07) is 0. The molecule has 0 aromatic heterocycles. The lowest BCUT2D eigenvalue weighted by atomic mass is 10.1. The molecule has 0 spiro atoms. The molecule has 0 aromatic rings. The van der Waals surface area contributed by atoms with Gasteiger partial charge in [-0.3, -0.25) is 0 Å². The predicted molar refractivity (Wildman–Crippen MR) is 34.8 cm³/mol. The van der Waals surface area contributed by atoms with Crippen molar-refractivity contribution in [3.63, 3.8) is 0 Å². The van der Waals surface area contributed by atoms with Gasteiger partial charge in [0.25, 0.3) is 0 Å². The molecule has 1 rings (SSSR count). The van der Waals surface area contributed by atoms with E-state index < -0.39 is 18.3 Å². The van der Waals surface area contributed by atoms with Gasteiger partial charge in [-0.1, -0.05) is 0 Å². The van der Waals surface area contributed by atoms with Gasteiger partial charge in [0.15, 0.2) is 0 Å². The van der Waals surface area contributed by atoms with Gasteiger partial charge in [0.05, 0.1) is 13.2 Å². The third-order valence-corrected chi connectivity index (χ3v) is 1.69. The fourth-order valence-corrected chi connectivity index (χ4v) is 0.972. The highest BCUT2D eigenvalue weighted by Gasteiger charge is 2.32. The zero-order valence-corrected chi connectivity index (χ0v) is 6.01. The maximum absolute atomic E-state index is 9.26. The summed E-state index contributed by atoms with van der Waals surface area (Å²) in [5.41, 5.74) is 0. The first kappa shape index (κ1) is 8.89. The van der Waals surface area contributed by atoms with E-state index in [0.29, 0.717) is 0 Å². The highest BCUT2D eigenvalue weighted by Crippen LogP contribution is 2.13. The van der Waals surface area contributed by atoms with Crippen molar-refractivity contribution in [3.8, 4) is 0 Å².